The Kier molecular flexibility index (Phi) is 5.98. The molecule has 0 bridgehead atoms. The van der Waals surface area contributed by atoms with Crippen molar-refractivity contribution in [3.8, 4) is 5.75 Å². The summed E-state index contributed by atoms with van der Waals surface area (Å²) in [6.45, 7) is 3.59. The van der Waals surface area contributed by atoms with Gasteiger partial charge in [0.2, 0.25) is 0 Å². The van der Waals surface area contributed by atoms with Crippen molar-refractivity contribution in [1.82, 2.24) is 0 Å². The van der Waals surface area contributed by atoms with E-state index in [2.05, 4.69) is 21.2 Å². The molecule has 126 valence electrons. The number of amides is 1. The van der Waals surface area contributed by atoms with Gasteiger partial charge in [-0.3, -0.25) is 4.79 Å². The summed E-state index contributed by atoms with van der Waals surface area (Å²) in [6, 6.07) is 12.4. The van der Waals surface area contributed by atoms with Crippen LogP contribution in [0, 0.1) is 6.92 Å². The van der Waals surface area contributed by atoms with Crippen LogP contribution in [-0.4, -0.2) is 25.1 Å². The Bertz CT molecular complexity index is 760. The first kappa shape index (κ1) is 18.0. The van der Waals surface area contributed by atoms with E-state index in [0.717, 1.165) is 5.56 Å². The summed E-state index contributed by atoms with van der Waals surface area (Å²) >= 11 is 3.29. The van der Waals surface area contributed by atoms with Gasteiger partial charge in [-0.25, -0.2) is 4.79 Å². The van der Waals surface area contributed by atoms with Crippen molar-refractivity contribution in [2.24, 2.45) is 0 Å². The predicted octanol–water partition coefficient (Wildman–Crippen LogP) is 3.95. The van der Waals surface area contributed by atoms with Gasteiger partial charge in [0.25, 0.3) is 5.91 Å². The Balaban J connectivity index is 2.13. The van der Waals surface area contributed by atoms with Gasteiger partial charge in [0.15, 0.2) is 6.10 Å². The van der Waals surface area contributed by atoms with Crippen molar-refractivity contribution in [2.45, 2.75) is 20.0 Å². The SMILES string of the molecule is COC(=O)c1cc(Br)ccc1NC(=O)[C@@H](C)Oc1cccc(C)c1. The van der Waals surface area contributed by atoms with E-state index in [1.165, 1.54) is 7.11 Å². The number of halogens is 1. The lowest BCUT2D eigenvalue weighted by Crippen LogP contribution is -2.30. The van der Waals surface area contributed by atoms with Gasteiger partial charge >= 0.3 is 5.97 Å². The van der Waals surface area contributed by atoms with Crippen LogP contribution in [0.2, 0.25) is 0 Å². The summed E-state index contributed by atoms with van der Waals surface area (Å²) in [5.74, 6) is -0.274. The molecule has 0 aliphatic rings. The number of rotatable bonds is 5. The second-order valence-corrected chi connectivity index (χ2v) is 6.16. The maximum atomic E-state index is 12.3. The van der Waals surface area contributed by atoms with Crippen LogP contribution >= 0.6 is 15.9 Å². The molecule has 1 atom stereocenters. The summed E-state index contributed by atoms with van der Waals surface area (Å²) in [6.07, 6.45) is -0.721. The number of carbonyl (C=O) groups excluding carboxylic acids is 2. The number of hydrogen-bond donors (Lipinski definition) is 1. The number of carbonyl (C=O) groups is 2. The van der Waals surface area contributed by atoms with Crippen molar-refractivity contribution < 1.29 is 19.1 Å². The number of anilines is 1. The number of methoxy groups -OCH3 is 1. The van der Waals surface area contributed by atoms with E-state index in [4.69, 9.17) is 9.47 Å². The number of benzene rings is 2. The molecular formula is C18H18BrNO4. The molecular weight excluding hydrogens is 374 g/mol. The summed E-state index contributed by atoms with van der Waals surface area (Å²) < 4.78 is 11.1. The molecule has 6 heteroatoms. The average molecular weight is 392 g/mol. The molecule has 2 rings (SSSR count). The Morgan fingerprint density at radius 3 is 2.58 bits per heavy atom. The standard InChI is InChI=1S/C18H18BrNO4/c1-11-5-4-6-14(9-11)24-12(2)17(21)20-16-8-7-13(19)10-15(16)18(22)23-3/h4-10,12H,1-3H3,(H,20,21)/t12-/m1/s1. The van der Waals surface area contributed by atoms with Crippen LogP contribution in [-0.2, 0) is 9.53 Å². The van der Waals surface area contributed by atoms with Gasteiger partial charge in [0, 0.05) is 4.47 Å². The third-order valence-electron chi connectivity index (χ3n) is 3.32. The van der Waals surface area contributed by atoms with Gasteiger partial charge in [0.05, 0.1) is 18.4 Å². The lowest BCUT2D eigenvalue weighted by Gasteiger charge is -2.16. The number of nitrogens with one attached hydrogen (secondary N) is 1. The average Bonchev–Trinajstić information content (AvgIpc) is 2.55. The highest BCUT2D eigenvalue weighted by molar-refractivity contribution is 9.10. The number of aryl methyl sites for hydroxylation is 1. The number of ether oxygens (including phenoxy) is 2. The van der Waals surface area contributed by atoms with E-state index < -0.39 is 12.1 Å². The Morgan fingerprint density at radius 2 is 1.92 bits per heavy atom. The maximum Gasteiger partial charge on any atom is 0.340 e. The molecule has 0 aliphatic heterocycles. The van der Waals surface area contributed by atoms with E-state index >= 15 is 0 Å². The fourth-order valence-corrected chi connectivity index (χ4v) is 2.45. The lowest BCUT2D eigenvalue weighted by molar-refractivity contribution is -0.122. The van der Waals surface area contributed by atoms with E-state index in [1.54, 1.807) is 31.2 Å². The Hall–Kier alpha value is -2.34. The summed E-state index contributed by atoms with van der Waals surface area (Å²) in [5.41, 5.74) is 1.68. The molecule has 2 aromatic rings. The van der Waals surface area contributed by atoms with Gasteiger partial charge in [-0.2, -0.15) is 0 Å². The predicted molar refractivity (Wildman–Crippen MR) is 95.4 cm³/mol. The molecule has 2 aromatic carbocycles. The topological polar surface area (TPSA) is 64.6 Å². The lowest BCUT2D eigenvalue weighted by atomic mass is 10.1. The molecule has 0 aliphatic carbocycles. The normalized spacial score (nSPS) is 11.5. The minimum absolute atomic E-state index is 0.267. The quantitative estimate of drug-likeness (QED) is 0.783. The minimum Gasteiger partial charge on any atom is -0.481 e. The zero-order valence-corrected chi connectivity index (χ0v) is 15.2. The molecule has 0 fully saturated rings. The molecule has 5 nitrogen and oxygen atoms in total. The summed E-state index contributed by atoms with van der Waals surface area (Å²) in [7, 11) is 1.29. The Labute approximate surface area is 149 Å². The zero-order chi connectivity index (χ0) is 17.7. The molecule has 0 saturated heterocycles. The van der Waals surface area contributed by atoms with Crippen LogP contribution in [0.3, 0.4) is 0 Å². The highest BCUT2D eigenvalue weighted by Crippen LogP contribution is 2.22. The molecule has 1 amide bonds. The van der Waals surface area contributed by atoms with Crippen molar-refractivity contribution >= 4 is 33.5 Å². The van der Waals surface area contributed by atoms with E-state index in [1.807, 2.05) is 25.1 Å². The molecule has 1 N–H and O–H groups in total. The van der Waals surface area contributed by atoms with Crippen molar-refractivity contribution in [2.75, 3.05) is 12.4 Å². The Morgan fingerprint density at radius 1 is 1.17 bits per heavy atom. The van der Waals surface area contributed by atoms with Crippen LogP contribution in [0.15, 0.2) is 46.9 Å². The van der Waals surface area contributed by atoms with Crippen molar-refractivity contribution in [3.05, 3.63) is 58.1 Å². The van der Waals surface area contributed by atoms with E-state index in [9.17, 15) is 9.59 Å². The first-order chi connectivity index (χ1) is 11.4. The molecule has 0 radical (unpaired) electrons. The third kappa shape index (κ3) is 4.58. The van der Waals surface area contributed by atoms with Crippen molar-refractivity contribution in [3.63, 3.8) is 0 Å². The first-order valence-electron chi connectivity index (χ1n) is 7.32. The highest BCUT2D eigenvalue weighted by Gasteiger charge is 2.19. The molecule has 0 aromatic heterocycles. The summed E-state index contributed by atoms with van der Waals surface area (Å²) in [5, 5.41) is 2.70. The van der Waals surface area contributed by atoms with Gasteiger partial charge in [-0.15, -0.1) is 0 Å². The van der Waals surface area contributed by atoms with E-state index in [-0.39, 0.29) is 11.5 Å². The van der Waals surface area contributed by atoms with Gasteiger partial charge < -0.3 is 14.8 Å². The third-order valence-corrected chi connectivity index (χ3v) is 3.81. The van der Waals surface area contributed by atoms with Crippen LogP contribution < -0.4 is 10.1 Å². The second kappa shape index (κ2) is 7.97. The molecule has 24 heavy (non-hydrogen) atoms. The second-order valence-electron chi connectivity index (χ2n) is 5.25. The van der Waals surface area contributed by atoms with Crippen LogP contribution in [0.25, 0.3) is 0 Å². The van der Waals surface area contributed by atoms with Crippen LogP contribution in [0.1, 0.15) is 22.8 Å². The first-order valence-corrected chi connectivity index (χ1v) is 8.12. The molecule has 0 unspecified atom stereocenters. The summed E-state index contributed by atoms with van der Waals surface area (Å²) in [4.78, 5) is 24.2. The smallest absolute Gasteiger partial charge is 0.340 e. The van der Waals surface area contributed by atoms with Gasteiger partial charge in [-0.05, 0) is 49.7 Å². The molecule has 0 spiro atoms. The van der Waals surface area contributed by atoms with Crippen LogP contribution in [0.4, 0.5) is 5.69 Å². The zero-order valence-electron chi connectivity index (χ0n) is 13.6. The maximum absolute atomic E-state index is 12.3. The molecule has 0 saturated carbocycles. The van der Waals surface area contributed by atoms with Crippen LogP contribution in [0.5, 0.6) is 5.75 Å². The monoisotopic (exact) mass is 391 g/mol. The number of esters is 1. The highest BCUT2D eigenvalue weighted by atomic mass is 79.9. The van der Waals surface area contributed by atoms with Gasteiger partial charge in [-0.1, -0.05) is 28.1 Å². The number of hydrogen-bond acceptors (Lipinski definition) is 4. The fourth-order valence-electron chi connectivity index (χ4n) is 2.08. The van der Waals surface area contributed by atoms with E-state index in [0.29, 0.717) is 15.9 Å². The largest absolute Gasteiger partial charge is 0.481 e. The fraction of sp³-hybridized carbons (Fsp3) is 0.222. The van der Waals surface area contributed by atoms with Crippen molar-refractivity contribution in [1.29, 1.82) is 0 Å². The molecule has 0 heterocycles. The van der Waals surface area contributed by atoms with Gasteiger partial charge in [0.1, 0.15) is 5.75 Å². The minimum atomic E-state index is -0.721.